The molecule has 1 nitrogen and oxygen atoms in total. The topological polar surface area (TPSA) is 12.9 Å². The molecule has 0 amide bonds. The molecule has 0 bridgehead atoms. The van der Waals surface area contributed by atoms with Crippen LogP contribution in [0.2, 0.25) is 0 Å². The van der Waals surface area contributed by atoms with Crippen LogP contribution in [0.5, 0.6) is 0 Å². The summed E-state index contributed by atoms with van der Waals surface area (Å²) in [6, 6.07) is 1.05. The van der Waals surface area contributed by atoms with Crippen molar-refractivity contribution in [2.75, 3.05) is 0 Å². The first-order valence-corrected chi connectivity index (χ1v) is 6.59. The minimum Gasteiger partial charge on any atom is -0.264 e. The Morgan fingerprint density at radius 1 is 1.17 bits per heavy atom. The van der Waals surface area contributed by atoms with Crippen molar-refractivity contribution in [3.8, 4) is 0 Å². The number of aromatic nitrogens is 1. The summed E-state index contributed by atoms with van der Waals surface area (Å²) in [5.41, 5.74) is -0.332. The van der Waals surface area contributed by atoms with Gasteiger partial charge in [-0.1, -0.05) is 19.3 Å². The number of alkyl halides is 4. The minimum atomic E-state index is -4.33. The van der Waals surface area contributed by atoms with E-state index in [9.17, 15) is 13.2 Å². The lowest BCUT2D eigenvalue weighted by molar-refractivity contribution is -0.138. The Bertz CT molecular complexity index is 405. The fourth-order valence-electron chi connectivity index (χ4n) is 2.57. The van der Waals surface area contributed by atoms with E-state index in [4.69, 9.17) is 11.6 Å². The highest BCUT2D eigenvalue weighted by molar-refractivity contribution is 6.21. The second kappa shape index (κ2) is 5.47. The van der Waals surface area contributed by atoms with Crippen molar-refractivity contribution in [3.05, 3.63) is 29.6 Å². The maximum Gasteiger partial charge on any atom is 0.416 e. The number of nitrogens with zero attached hydrogens (tertiary/aromatic N) is 1. The summed E-state index contributed by atoms with van der Waals surface area (Å²) >= 11 is 6.25. The van der Waals surface area contributed by atoms with Crippen LogP contribution in [0.25, 0.3) is 0 Å². The standard InChI is InChI=1S/C13H15ClF3N/c14-12-5-3-1-2-4-9(12)10-8-18-7-6-11(10)13(15,16)17/h6-9,12H,1-5H2. The van der Waals surface area contributed by atoms with Gasteiger partial charge in [0.2, 0.25) is 0 Å². The number of halogens is 4. The molecular weight excluding hydrogens is 263 g/mol. The normalized spacial score (nSPS) is 25.8. The summed E-state index contributed by atoms with van der Waals surface area (Å²) in [4.78, 5) is 3.84. The van der Waals surface area contributed by atoms with Crippen molar-refractivity contribution in [1.29, 1.82) is 0 Å². The van der Waals surface area contributed by atoms with Gasteiger partial charge in [-0.3, -0.25) is 4.98 Å². The van der Waals surface area contributed by atoms with Gasteiger partial charge in [0.25, 0.3) is 0 Å². The molecule has 1 fully saturated rings. The van der Waals surface area contributed by atoms with Gasteiger partial charge in [-0.05, 0) is 24.5 Å². The van der Waals surface area contributed by atoms with Gasteiger partial charge in [-0.15, -0.1) is 11.6 Å². The third-order valence-corrected chi connectivity index (χ3v) is 4.01. The second-order valence-electron chi connectivity index (χ2n) is 4.72. The molecule has 5 heteroatoms. The summed E-state index contributed by atoms with van der Waals surface area (Å²) in [7, 11) is 0. The molecule has 0 radical (unpaired) electrons. The average molecular weight is 278 g/mol. The summed E-state index contributed by atoms with van der Waals surface area (Å²) in [5.74, 6) is -0.237. The number of pyridine rings is 1. The molecule has 2 unspecified atom stereocenters. The third kappa shape index (κ3) is 2.97. The van der Waals surface area contributed by atoms with Crippen molar-refractivity contribution in [2.24, 2.45) is 0 Å². The molecule has 0 N–H and O–H groups in total. The maximum atomic E-state index is 13.0. The predicted octanol–water partition coefficient (Wildman–Crippen LogP) is 4.76. The predicted molar refractivity (Wildman–Crippen MR) is 64.7 cm³/mol. The summed E-state index contributed by atoms with van der Waals surface area (Å²) < 4.78 is 38.9. The van der Waals surface area contributed by atoms with Crippen molar-refractivity contribution < 1.29 is 13.2 Å². The number of hydrogen-bond acceptors (Lipinski definition) is 1. The van der Waals surface area contributed by atoms with Crippen LogP contribution in [0.1, 0.15) is 49.1 Å². The van der Waals surface area contributed by atoms with Crippen LogP contribution in [-0.2, 0) is 6.18 Å². The Balaban J connectivity index is 2.37. The van der Waals surface area contributed by atoms with Gasteiger partial charge in [-0.25, -0.2) is 0 Å². The van der Waals surface area contributed by atoms with Crippen LogP contribution in [-0.4, -0.2) is 10.4 Å². The van der Waals surface area contributed by atoms with Crippen LogP contribution >= 0.6 is 11.6 Å². The van der Waals surface area contributed by atoms with E-state index in [0.717, 1.165) is 31.7 Å². The van der Waals surface area contributed by atoms with E-state index in [-0.39, 0.29) is 16.9 Å². The Hall–Kier alpha value is -0.770. The smallest absolute Gasteiger partial charge is 0.264 e. The Labute approximate surface area is 109 Å². The van der Waals surface area contributed by atoms with Gasteiger partial charge in [0.05, 0.1) is 5.56 Å². The average Bonchev–Trinajstić information content (AvgIpc) is 2.53. The van der Waals surface area contributed by atoms with E-state index in [0.29, 0.717) is 6.42 Å². The molecule has 100 valence electrons. The molecule has 1 aliphatic rings. The Morgan fingerprint density at radius 2 is 1.89 bits per heavy atom. The number of rotatable bonds is 1. The highest BCUT2D eigenvalue weighted by atomic mass is 35.5. The molecule has 0 spiro atoms. The molecular formula is C13H15ClF3N. The molecule has 2 atom stereocenters. The van der Waals surface area contributed by atoms with Gasteiger partial charge in [0.15, 0.2) is 0 Å². The maximum absolute atomic E-state index is 13.0. The lowest BCUT2D eigenvalue weighted by Crippen LogP contribution is -2.18. The fourth-order valence-corrected chi connectivity index (χ4v) is 2.99. The molecule has 0 aliphatic heterocycles. The largest absolute Gasteiger partial charge is 0.416 e. The quantitative estimate of drug-likeness (QED) is 0.533. The van der Waals surface area contributed by atoms with Gasteiger partial charge < -0.3 is 0 Å². The summed E-state index contributed by atoms with van der Waals surface area (Å²) in [5, 5.41) is -0.224. The highest BCUT2D eigenvalue weighted by Crippen LogP contribution is 2.41. The van der Waals surface area contributed by atoms with Gasteiger partial charge in [-0.2, -0.15) is 13.2 Å². The zero-order chi connectivity index (χ0) is 13.2. The first kappa shape index (κ1) is 13.7. The van der Waals surface area contributed by atoms with Crippen LogP contribution < -0.4 is 0 Å². The Kier molecular flexibility index (Phi) is 4.15. The van der Waals surface area contributed by atoms with E-state index >= 15 is 0 Å². The third-order valence-electron chi connectivity index (χ3n) is 3.49. The monoisotopic (exact) mass is 277 g/mol. The first-order valence-electron chi connectivity index (χ1n) is 6.15. The molecule has 0 saturated heterocycles. The van der Waals surface area contributed by atoms with Crippen LogP contribution in [0.3, 0.4) is 0 Å². The lowest BCUT2D eigenvalue weighted by Gasteiger charge is -2.23. The minimum absolute atomic E-state index is 0.224. The van der Waals surface area contributed by atoms with Gasteiger partial charge >= 0.3 is 6.18 Å². The van der Waals surface area contributed by atoms with E-state index in [1.165, 1.54) is 12.4 Å². The van der Waals surface area contributed by atoms with E-state index < -0.39 is 11.7 Å². The van der Waals surface area contributed by atoms with E-state index in [1.807, 2.05) is 0 Å². The van der Waals surface area contributed by atoms with E-state index in [1.54, 1.807) is 0 Å². The lowest BCUT2D eigenvalue weighted by atomic mass is 9.89. The molecule has 1 heterocycles. The zero-order valence-electron chi connectivity index (χ0n) is 9.88. The first-order chi connectivity index (χ1) is 8.50. The number of hydrogen-bond donors (Lipinski definition) is 0. The molecule has 1 aliphatic carbocycles. The molecule has 18 heavy (non-hydrogen) atoms. The van der Waals surface area contributed by atoms with Crippen molar-refractivity contribution in [1.82, 2.24) is 4.98 Å². The molecule has 1 aromatic rings. The molecule has 2 rings (SSSR count). The molecule has 1 saturated carbocycles. The molecule has 1 aromatic heterocycles. The van der Waals surface area contributed by atoms with Crippen LogP contribution in [0.15, 0.2) is 18.5 Å². The Morgan fingerprint density at radius 3 is 2.61 bits per heavy atom. The summed E-state index contributed by atoms with van der Waals surface area (Å²) in [6.07, 6.45) is 2.64. The van der Waals surface area contributed by atoms with Crippen molar-refractivity contribution in [2.45, 2.75) is 49.6 Å². The second-order valence-corrected chi connectivity index (χ2v) is 5.28. The van der Waals surface area contributed by atoms with Gasteiger partial charge in [0.1, 0.15) is 0 Å². The van der Waals surface area contributed by atoms with Crippen molar-refractivity contribution in [3.63, 3.8) is 0 Å². The van der Waals surface area contributed by atoms with E-state index in [2.05, 4.69) is 4.98 Å². The highest BCUT2D eigenvalue weighted by Gasteiger charge is 2.37. The SMILES string of the molecule is FC(F)(F)c1ccncc1C1CCCCCC1Cl. The summed E-state index contributed by atoms with van der Waals surface area (Å²) in [6.45, 7) is 0. The fraction of sp³-hybridized carbons (Fsp3) is 0.615. The van der Waals surface area contributed by atoms with Crippen molar-refractivity contribution >= 4 is 11.6 Å². The van der Waals surface area contributed by atoms with Gasteiger partial charge in [0, 0.05) is 23.7 Å². The van der Waals surface area contributed by atoms with Crippen LogP contribution in [0, 0.1) is 0 Å². The van der Waals surface area contributed by atoms with Crippen LogP contribution in [0.4, 0.5) is 13.2 Å². The zero-order valence-corrected chi connectivity index (χ0v) is 10.6. The molecule has 0 aromatic carbocycles.